The summed E-state index contributed by atoms with van der Waals surface area (Å²) in [6.07, 6.45) is 1.57. The molecule has 2 heterocycles. The Hall–Kier alpha value is -2.21. The van der Waals surface area contributed by atoms with Crippen LogP contribution < -0.4 is 5.32 Å². The summed E-state index contributed by atoms with van der Waals surface area (Å²) in [5.74, 6) is 0.361. The Morgan fingerprint density at radius 1 is 1.39 bits per heavy atom. The highest BCUT2D eigenvalue weighted by Gasteiger charge is 2.12. The first-order valence-electron chi connectivity index (χ1n) is 5.41. The third-order valence-corrected chi connectivity index (χ3v) is 3.46. The minimum Gasteiger partial charge on any atom is -0.304 e. The number of nitrogens with zero attached hydrogens (tertiary/aromatic N) is 2. The van der Waals surface area contributed by atoms with E-state index in [1.165, 1.54) is 11.3 Å². The Bertz CT molecular complexity index is 716. The molecule has 0 saturated carbocycles. The Kier molecular flexibility index (Phi) is 2.56. The van der Waals surface area contributed by atoms with E-state index < -0.39 is 0 Å². The van der Waals surface area contributed by atoms with Crippen molar-refractivity contribution in [2.24, 2.45) is 0 Å². The zero-order valence-corrected chi connectivity index (χ0v) is 10.4. The molecule has 0 saturated heterocycles. The van der Waals surface area contributed by atoms with Crippen molar-refractivity contribution < 1.29 is 4.79 Å². The number of hydrogen-bond acceptors (Lipinski definition) is 4. The highest BCUT2D eigenvalue weighted by Crippen LogP contribution is 2.21. The lowest BCUT2D eigenvalue weighted by Crippen LogP contribution is -2.10. The maximum Gasteiger partial charge on any atom is 0.268 e. The number of nitrogens with one attached hydrogen (secondary N) is 2. The van der Waals surface area contributed by atoms with Gasteiger partial charge < -0.3 is 5.32 Å². The van der Waals surface area contributed by atoms with E-state index in [9.17, 15) is 4.79 Å². The summed E-state index contributed by atoms with van der Waals surface area (Å²) in [4.78, 5) is 16.6. The normalized spacial score (nSPS) is 10.7. The SMILES string of the molecule is Cc1ncc(C(=O)Nc2n[nH]c3ccccc23)s1. The lowest BCUT2D eigenvalue weighted by atomic mass is 10.2. The van der Waals surface area contributed by atoms with Crippen molar-refractivity contribution in [3.8, 4) is 0 Å². The fourth-order valence-corrected chi connectivity index (χ4v) is 2.37. The number of fused-ring (bicyclic) bond motifs is 1. The number of H-pyrrole nitrogens is 1. The van der Waals surface area contributed by atoms with Gasteiger partial charge in [-0.2, -0.15) is 5.10 Å². The molecule has 0 bridgehead atoms. The molecule has 0 aliphatic rings. The van der Waals surface area contributed by atoms with Crippen LogP contribution in [0.2, 0.25) is 0 Å². The van der Waals surface area contributed by atoms with Crippen molar-refractivity contribution in [2.45, 2.75) is 6.92 Å². The number of para-hydroxylation sites is 1. The standard InChI is InChI=1S/C12H10N4OS/c1-7-13-6-10(18-7)12(17)14-11-8-4-2-3-5-9(8)15-16-11/h2-6H,1H3,(H2,14,15,16,17). The van der Waals surface area contributed by atoms with Crippen molar-refractivity contribution in [3.63, 3.8) is 0 Å². The summed E-state index contributed by atoms with van der Waals surface area (Å²) in [7, 11) is 0. The van der Waals surface area contributed by atoms with E-state index in [1.807, 2.05) is 31.2 Å². The topological polar surface area (TPSA) is 70.7 Å². The van der Waals surface area contributed by atoms with Gasteiger partial charge in [0.15, 0.2) is 5.82 Å². The van der Waals surface area contributed by atoms with Gasteiger partial charge in [-0.05, 0) is 19.1 Å². The lowest BCUT2D eigenvalue weighted by molar-refractivity contribution is 0.103. The second-order valence-corrected chi connectivity index (χ2v) is 5.05. The third-order valence-electron chi connectivity index (χ3n) is 2.55. The van der Waals surface area contributed by atoms with Crippen molar-refractivity contribution >= 4 is 34.0 Å². The Balaban J connectivity index is 1.90. The van der Waals surface area contributed by atoms with Crippen LogP contribution in [0, 0.1) is 6.92 Å². The van der Waals surface area contributed by atoms with E-state index in [0.717, 1.165) is 15.9 Å². The molecular weight excluding hydrogens is 248 g/mol. The molecule has 3 rings (SSSR count). The maximum atomic E-state index is 12.0. The van der Waals surface area contributed by atoms with E-state index in [2.05, 4.69) is 20.5 Å². The van der Waals surface area contributed by atoms with Crippen LogP contribution in [-0.4, -0.2) is 21.1 Å². The smallest absolute Gasteiger partial charge is 0.268 e. The van der Waals surface area contributed by atoms with Gasteiger partial charge in [0.05, 0.1) is 16.7 Å². The van der Waals surface area contributed by atoms with Gasteiger partial charge >= 0.3 is 0 Å². The van der Waals surface area contributed by atoms with Crippen LogP contribution in [0.5, 0.6) is 0 Å². The summed E-state index contributed by atoms with van der Waals surface area (Å²) in [6, 6.07) is 7.64. The van der Waals surface area contributed by atoms with E-state index in [1.54, 1.807) is 6.20 Å². The van der Waals surface area contributed by atoms with E-state index in [4.69, 9.17) is 0 Å². The highest BCUT2D eigenvalue weighted by molar-refractivity contribution is 7.13. The van der Waals surface area contributed by atoms with Crippen LogP contribution in [0.3, 0.4) is 0 Å². The van der Waals surface area contributed by atoms with Crippen molar-refractivity contribution in [1.29, 1.82) is 0 Å². The zero-order chi connectivity index (χ0) is 12.5. The molecule has 2 aromatic heterocycles. The third kappa shape index (κ3) is 1.86. The zero-order valence-electron chi connectivity index (χ0n) is 9.60. The van der Waals surface area contributed by atoms with Crippen LogP contribution in [0.15, 0.2) is 30.5 Å². The van der Waals surface area contributed by atoms with Crippen LogP contribution >= 0.6 is 11.3 Å². The molecule has 0 fully saturated rings. The first kappa shape index (κ1) is 10.9. The van der Waals surface area contributed by atoms with E-state index in [-0.39, 0.29) is 5.91 Å². The fraction of sp³-hybridized carbons (Fsp3) is 0.0833. The molecular formula is C12H10N4OS. The number of rotatable bonds is 2. The molecule has 1 amide bonds. The summed E-state index contributed by atoms with van der Waals surface area (Å²) >= 11 is 1.36. The predicted octanol–water partition coefficient (Wildman–Crippen LogP) is 2.58. The number of hydrogen-bond donors (Lipinski definition) is 2. The number of carbonyl (C=O) groups is 1. The maximum absolute atomic E-state index is 12.0. The molecule has 1 aromatic carbocycles. The molecule has 6 heteroatoms. The van der Waals surface area contributed by atoms with Crippen LogP contribution in [-0.2, 0) is 0 Å². The van der Waals surface area contributed by atoms with Gasteiger partial charge in [-0.25, -0.2) is 4.98 Å². The van der Waals surface area contributed by atoms with Gasteiger partial charge in [-0.1, -0.05) is 12.1 Å². The lowest BCUT2D eigenvalue weighted by Gasteiger charge is -1.98. The van der Waals surface area contributed by atoms with Crippen molar-refractivity contribution in [3.05, 3.63) is 40.3 Å². The second kappa shape index (κ2) is 4.23. The number of aromatic amines is 1. The molecule has 3 aromatic rings. The molecule has 0 radical (unpaired) electrons. The number of thiazole rings is 1. The predicted molar refractivity (Wildman–Crippen MR) is 70.9 cm³/mol. The van der Waals surface area contributed by atoms with Crippen LogP contribution in [0.1, 0.15) is 14.7 Å². The van der Waals surface area contributed by atoms with Gasteiger partial charge in [0.2, 0.25) is 0 Å². The molecule has 2 N–H and O–H groups in total. The van der Waals surface area contributed by atoms with E-state index in [0.29, 0.717) is 10.7 Å². The van der Waals surface area contributed by atoms with Crippen molar-refractivity contribution in [2.75, 3.05) is 5.32 Å². The summed E-state index contributed by atoms with van der Waals surface area (Å²) in [6.45, 7) is 1.87. The first-order valence-corrected chi connectivity index (χ1v) is 6.22. The molecule has 0 unspecified atom stereocenters. The molecule has 90 valence electrons. The van der Waals surface area contributed by atoms with E-state index >= 15 is 0 Å². The quantitative estimate of drug-likeness (QED) is 0.742. The summed E-state index contributed by atoms with van der Waals surface area (Å²) in [5.41, 5.74) is 0.897. The number of amides is 1. The average molecular weight is 258 g/mol. The Morgan fingerprint density at radius 3 is 3.00 bits per heavy atom. The molecule has 0 atom stereocenters. The summed E-state index contributed by atoms with van der Waals surface area (Å²) < 4.78 is 0. The molecule has 0 aliphatic carbocycles. The van der Waals surface area contributed by atoms with Gasteiger partial charge in [0.1, 0.15) is 4.88 Å². The van der Waals surface area contributed by atoms with Crippen molar-refractivity contribution in [1.82, 2.24) is 15.2 Å². The number of carbonyl (C=O) groups excluding carboxylic acids is 1. The molecule has 5 nitrogen and oxygen atoms in total. The largest absolute Gasteiger partial charge is 0.304 e. The minimum atomic E-state index is -0.183. The average Bonchev–Trinajstić information content (AvgIpc) is 2.97. The highest BCUT2D eigenvalue weighted by atomic mass is 32.1. The molecule has 18 heavy (non-hydrogen) atoms. The Morgan fingerprint density at radius 2 is 2.22 bits per heavy atom. The first-order chi connectivity index (χ1) is 8.74. The van der Waals surface area contributed by atoms with Gasteiger partial charge in [0.25, 0.3) is 5.91 Å². The number of aryl methyl sites for hydroxylation is 1. The van der Waals surface area contributed by atoms with Crippen LogP contribution in [0.25, 0.3) is 10.9 Å². The van der Waals surface area contributed by atoms with Gasteiger partial charge in [0, 0.05) is 5.39 Å². The number of benzene rings is 1. The second-order valence-electron chi connectivity index (χ2n) is 3.82. The number of aromatic nitrogens is 3. The van der Waals surface area contributed by atoms with Crippen LogP contribution in [0.4, 0.5) is 5.82 Å². The molecule has 0 spiro atoms. The minimum absolute atomic E-state index is 0.183. The van der Waals surface area contributed by atoms with Gasteiger partial charge in [-0.15, -0.1) is 11.3 Å². The summed E-state index contributed by atoms with van der Waals surface area (Å²) in [5, 5.41) is 11.5. The number of anilines is 1. The molecule has 0 aliphatic heterocycles. The Labute approximate surface area is 107 Å². The monoisotopic (exact) mass is 258 g/mol. The fourth-order valence-electron chi connectivity index (χ4n) is 1.69. The van der Waals surface area contributed by atoms with Gasteiger partial charge in [-0.3, -0.25) is 9.89 Å².